The quantitative estimate of drug-likeness (QED) is 0.626. The Balaban J connectivity index is 2.11. The molecule has 1 heterocycles. The molecule has 0 radical (unpaired) electrons. The SMILES string of the molecule is CCOC(=O)C1CCN(C(=O)CN(c2ccc(F)cc2)S(=O)(=O)N(C)C)CC1. The van der Waals surface area contributed by atoms with E-state index >= 15 is 0 Å². The van der Waals surface area contributed by atoms with Gasteiger partial charge >= 0.3 is 16.2 Å². The van der Waals surface area contributed by atoms with Crippen LogP contribution in [0, 0.1) is 11.7 Å². The second-order valence-electron chi connectivity index (χ2n) is 6.68. The number of hydrogen-bond acceptors (Lipinski definition) is 5. The van der Waals surface area contributed by atoms with Crippen LogP contribution in [0.5, 0.6) is 0 Å². The Bertz CT molecular complexity index is 790. The lowest BCUT2D eigenvalue weighted by Gasteiger charge is -2.33. The average molecular weight is 415 g/mol. The van der Waals surface area contributed by atoms with Crippen molar-refractivity contribution in [1.82, 2.24) is 9.21 Å². The van der Waals surface area contributed by atoms with Gasteiger partial charge in [-0.2, -0.15) is 12.7 Å². The summed E-state index contributed by atoms with van der Waals surface area (Å²) in [6, 6.07) is 4.92. The smallest absolute Gasteiger partial charge is 0.309 e. The van der Waals surface area contributed by atoms with Gasteiger partial charge in [-0.05, 0) is 44.0 Å². The predicted octanol–water partition coefficient (Wildman–Crippen LogP) is 1.24. The third-order valence-corrected chi connectivity index (χ3v) is 6.42. The number of piperidine rings is 1. The zero-order valence-corrected chi connectivity index (χ0v) is 17.1. The van der Waals surface area contributed by atoms with Crippen LogP contribution in [-0.2, 0) is 24.5 Å². The number of carbonyl (C=O) groups is 2. The minimum atomic E-state index is -3.95. The van der Waals surface area contributed by atoms with E-state index in [1.165, 1.54) is 31.1 Å². The second kappa shape index (κ2) is 9.33. The van der Waals surface area contributed by atoms with Crippen molar-refractivity contribution < 1.29 is 27.1 Å². The Morgan fingerprint density at radius 1 is 1.18 bits per heavy atom. The van der Waals surface area contributed by atoms with Crippen LogP contribution >= 0.6 is 0 Å². The Kier molecular flexibility index (Phi) is 7.36. The van der Waals surface area contributed by atoms with Crippen molar-refractivity contribution in [2.75, 3.05) is 44.6 Å². The summed E-state index contributed by atoms with van der Waals surface area (Å²) in [4.78, 5) is 26.1. The van der Waals surface area contributed by atoms with Gasteiger partial charge in [0.1, 0.15) is 12.4 Å². The van der Waals surface area contributed by atoms with Crippen molar-refractivity contribution in [3.63, 3.8) is 0 Å². The van der Waals surface area contributed by atoms with Gasteiger partial charge in [0.05, 0.1) is 18.2 Å². The van der Waals surface area contributed by atoms with Gasteiger partial charge in [0.25, 0.3) is 0 Å². The fraction of sp³-hybridized carbons (Fsp3) is 0.556. The van der Waals surface area contributed by atoms with E-state index in [4.69, 9.17) is 4.74 Å². The Labute approximate surface area is 165 Å². The zero-order chi connectivity index (χ0) is 20.9. The number of amides is 1. The Morgan fingerprint density at radius 2 is 1.75 bits per heavy atom. The van der Waals surface area contributed by atoms with Crippen LogP contribution in [0.3, 0.4) is 0 Å². The van der Waals surface area contributed by atoms with Gasteiger partial charge in [0, 0.05) is 27.2 Å². The van der Waals surface area contributed by atoms with Gasteiger partial charge < -0.3 is 9.64 Å². The maximum atomic E-state index is 13.2. The standard InChI is InChI=1S/C18H26FN3O5S/c1-4-27-18(24)14-9-11-21(12-10-14)17(23)13-22(28(25,26)20(2)3)16-7-5-15(19)6-8-16/h5-8,14H,4,9-13H2,1-3H3. The second-order valence-corrected chi connectivity index (χ2v) is 8.75. The molecular weight excluding hydrogens is 389 g/mol. The van der Waals surface area contributed by atoms with Gasteiger partial charge in [0.15, 0.2) is 0 Å². The number of hydrogen-bond donors (Lipinski definition) is 0. The molecule has 1 fully saturated rings. The first kappa shape index (κ1) is 22.1. The van der Waals surface area contributed by atoms with E-state index < -0.39 is 22.6 Å². The third kappa shape index (κ3) is 5.20. The predicted molar refractivity (Wildman–Crippen MR) is 102 cm³/mol. The van der Waals surface area contributed by atoms with Crippen molar-refractivity contribution in [3.05, 3.63) is 30.1 Å². The molecule has 0 aliphatic carbocycles. The minimum Gasteiger partial charge on any atom is -0.466 e. The lowest BCUT2D eigenvalue weighted by atomic mass is 9.97. The van der Waals surface area contributed by atoms with E-state index in [1.807, 2.05) is 0 Å². The summed E-state index contributed by atoms with van der Waals surface area (Å²) in [5, 5.41) is 0. The van der Waals surface area contributed by atoms with Crippen LogP contribution < -0.4 is 4.31 Å². The highest BCUT2D eigenvalue weighted by atomic mass is 32.2. The molecule has 0 aromatic heterocycles. The van der Waals surface area contributed by atoms with Crippen molar-refractivity contribution in [2.24, 2.45) is 5.92 Å². The molecule has 0 N–H and O–H groups in total. The summed E-state index contributed by atoms with van der Waals surface area (Å²) in [5.41, 5.74) is 0.199. The molecule has 0 spiro atoms. The number of nitrogens with zero attached hydrogens (tertiary/aromatic N) is 3. The first-order valence-electron chi connectivity index (χ1n) is 9.07. The number of halogens is 1. The fourth-order valence-electron chi connectivity index (χ4n) is 2.96. The van der Waals surface area contributed by atoms with Gasteiger partial charge in [-0.3, -0.25) is 9.59 Å². The molecule has 0 bridgehead atoms. The average Bonchev–Trinajstić information content (AvgIpc) is 2.67. The van der Waals surface area contributed by atoms with Gasteiger partial charge in [-0.15, -0.1) is 0 Å². The molecule has 10 heteroatoms. The molecule has 8 nitrogen and oxygen atoms in total. The van der Waals surface area contributed by atoms with Crippen molar-refractivity contribution in [1.29, 1.82) is 0 Å². The van der Waals surface area contributed by atoms with E-state index in [0.29, 0.717) is 32.5 Å². The van der Waals surface area contributed by atoms with E-state index in [-0.39, 0.29) is 23.5 Å². The molecule has 0 saturated carbocycles. The summed E-state index contributed by atoms with van der Waals surface area (Å²) < 4.78 is 45.5. The number of esters is 1. The maximum Gasteiger partial charge on any atom is 0.309 e. The van der Waals surface area contributed by atoms with E-state index in [2.05, 4.69) is 0 Å². The number of ether oxygens (including phenoxy) is 1. The van der Waals surface area contributed by atoms with Crippen LogP contribution in [0.2, 0.25) is 0 Å². The van der Waals surface area contributed by atoms with E-state index in [1.54, 1.807) is 6.92 Å². The van der Waals surface area contributed by atoms with Crippen LogP contribution in [0.1, 0.15) is 19.8 Å². The van der Waals surface area contributed by atoms with E-state index in [9.17, 15) is 22.4 Å². The normalized spacial score (nSPS) is 15.5. The van der Waals surface area contributed by atoms with Crippen LogP contribution in [0.15, 0.2) is 24.3 Å². The maximum absolute atomic E-state index is 13.2. The number of anilines is 1. The van der Waals surface area contributed by atoms with Crippen molar-refractivity contribution in [2.45, 2.75) is 19.8 Å². The van der Waals surface area contributed by atoms with Crippen LogP contribution in [0.25, 0.3) is 0 Å². The molecule has 1 aromatic carbocycles. The summed E-state index contributed by atoms with van der Waals surface area (Å²) in [5.74, 6) is -1.39. The monoisotopic (exact) mass is 415 g/mol. The minimum absolute atomic E-state index is 0.199. The number of benzene rings is 1. The molecule has 0 unspecified atom stereocenters. The molecule has 0 atom stereocenters. The molecular formula is C18H26FN3O5S. The van der Waals surface area contributed by atoms with Gasteiger partial charge in [0.2, 0.25) is 5.91 Å². The van der Waals surface area contributed by atoms with Gasteiger partial charge in [-0.1, -0.05) is 0 Å². The van der Waals surface area contributed by atoms with Crippen LogP contribution in [-0.4, -0.2) is 69.8 Å². The molecule has 1 saturated heterocycles. The van der Waals surface area contributed by atoms with E-state index in [0.717, 1.165) is 20.7 Å². The number of likely N-dealkylation sites (tertiary alicyclic amines) is 1. The topological polar surface area (TPSA) is 87.2 Å². The zero-order valence-electron chi connectivity index (χ0n) is 16.3. The fourth-order valence-corrected chi connectivity index (χ4v) is 4.01. The highest BCUT2D eigenvalue weighted by Gasteiger charge is 2.32. The summed E-state index contributed by atoms with van der Waals surface area (Å²) in [6.45, 7) is 2.35. The van der Waals surface area contributed by atoms with Crippen molar-refractivity contribution in [3.8, 4) is 0 Å². The summed E-state index contributed by atoms with van der Waals surface area (Å²) in [7, 11) is -1.22. The molecule has 28 heavy (non-hydrogen) atoms. The first-order valence-corrected chi connectivity index (χ1v) is 10.5. The molecule has 1 aliphatic heterocycles. The Hall–Kier alpha value is -2.20. The highest BCUT2D eigenvalue weighted by Crippen LogP contribution is 2.22. The Morgan fingerprint density at radius 3 is 2.25 bits per heavy atom. The van der Waals surface area contributed by atoms with Gasteiger partial charge in [-0.25, -0.2) is 8.70 Å². The summed E-state index contributed by atoms with van der Waals surface area (Å²) in [6.07, 6.45) is 0.948. The molecule has 1 aromatic rings. The molecule has 1 amide bonds. The lowest BCUT2D eigenvalue weighted by molar-refractivity contribution is -0.151. The van der Waals surface area contributed by atoms with Crippen LogP contribution in [0.4, 0.5) is 10.1 Å². The van der Waals surface area contributed by atoms with Crippen molar-refractivity contribution >= 4 is 27.8 Å². The largest absolute Gasteiger partial charge is 0.466 e. The lowest BCUT2D eigenvalue weighted by Crippen LogP contribution is -2.49. The molecule has 1 aliphatic rings. The molecule has 2 rings (SSSR count). The first-order chi connectivity index (χ1) is 13.2. The highest BCUT2D eigenvalue weighted by molar-refractivity contribution is 7.90. The number of rotatable bonds is 7. The number of carbonyl (C=O) groups excluding carboxylic acids is 2. The summed E-state index contributed by atoms with van der Waals surface area (Å²) >= 11 is 0. The molecule has 156 valence electrons. The third-order valence-electron chi connectivity index (χ3n) is 4.60.